The molecule has 0 N–H and O–H groups in total. The van der Waals surface area contributed by atoms with E-state index in [9.17, 15) is 10.4 Å². The zero-order valence-corrected chi connectivity index (χ0v) is 88.7. The number of rotatable bonds is 21. The number of nitrogens with zero attached hydrogens (tertiary/aromatic N) is 9. The maximum Gasteiger partial charge on any atom is 0.230 e. The molecule has 7 aromatic heterocycles. The van der Waals surface area contributed by atoms with Gasteiger partial charge in [0.2, 0.25) is 11.4 Å². The van der Waals surface area contributed by atoms with Gasteiger partial charge >= 0.3 is 0 Å². The molecule has 0 unspecified atom stereocenters. The van der Waals surface area contributed by atoms with E-state index in [0.717, 1.165) is 71.9 Å². The highest BCUT2D eigenvalue weighted by Crippen LogP contribution is 2.39. The van der Waals surface area contributed by atoms with Crippen LogP contribution in [0.2, 0.25) is 25.1 Å². The second kappa shape index (κ2) is 51.1. The molecule has 0 bridgehead atoms. The van der Waals surface area contributed by atoms with E-state index in [1.54, 1.807) is 80.6 Å². The van der Waals surface area contributed by atoms with E-state index >= 15 is 0 Å². The molecule has 0 saturated heterocycles. The number of halogens is 5. The number of aryl methyl sites for hydroxylation is 5. The van der Waals surface area contributed by atoms with Crippen LogP contribution >= 0.6 is 58.0 Å². The number of benzene rings is 7. The van der Waals surface area contributed by atoms with Crippen molar-refractivity contribution in [1.82, 2.24) is 34.9 Å². The highest BCUT2D eigenvalue weighted by molar-refractivity contribution is 6.33. The van der Waals surface area contributed by atoms with E-state index in [1.807, 2.05) is 159 Å². The molecule has 0 radical (unpaired) electrons. The fraction of sp³-hybridized carbons (Fsp3) is 0.348. The van der Waals surface area contributed by atoms with Gasteiger partial charge < -0.3 is 43.6 Å². The largest absolute Gasteiger partial charge is 0.618 e. The Morgan fingerprint density at radius 3 is 0.906 bits per heavy atom. The van der Waals surface area contributed by atoms with Crippen LogP contribution in [-0.2, 0) is 84.2 Å². The Morgan fingerprint density at radius 2 is 0.565 bits per heavy atom. The van der Waals surface area contributed by atoms with Gasteiger partial charge in [0.05, 0.1) is 71.7 Å². The molecule has 0 aliphatic rings. The Morgan fingerprint density at radius 1 is 0.261 bits per heavy atom. The fourth-order valence-corrected chi connectivity index (χ4v) is 14.2. The summed E-state index contributed by atoms with van der Waals surface area (Å²) in [5.41, 5.74) is 19.5. The van der Waals surface area contributed by atoms with Gasteiger partial charge in [0, 0.05) is 67.9 Å². The lowest BCUT2D eigenvalue weighted by Gasteiger charge is -2.20. The number of aromatic nitrogens is 9. The molecule has 18 nitrogen and oxygen atoms in total. The smallest absolute Gasteiger partial charge is 0.230 e. The summed E-state index contributed by atoms with van der Waals surface area (Å²) in [6, 6.07) is 70.3. The Kier molecular flexibility index (Phi) is 41.3. The molecule has 0 amide bonds. The van der Waals surface area contributed by atoms with E-state index in [0.29, 0.717) is 104 Å². The van der Waals surface area contributed by atoms with Gasteiger partial charge in [-0.05, 0) is 237 Å². The summed E-state index contributed by atoms with van der Waals surface area (Å²) in [6.07, 6.45) is 13.4. The van der Waals surface area contributed by atoms with Gasteiger partial charge in [-0.3, -0.25) is 34.9 Å². The predicted octanol–water partition coefficient (Wildman–Crippen LogP) is 29.8. The molecule has 0 aliphatic heterocycles. The molecular weight excluding hydrogens is 1830 g/mol. The van der Waals surface area contributed by atoms with Gasteiger partial charge in [0.1, 0.15) is 73.3 Å². The van der Waals surface area contributed by atoms with Gasteiger partial charge in [0.25, 0.3) is 0 Å². The average Bonchev–Trinajstić information content (AvgIpc) is 0.853. The van der Waals surface area contributed by atoms with Gasteiger partial charge in [-0.2, -0.15) is 9.46 Å². The first-order chi connectivity index (χ1) is 64.8. The van der Waals surface area contributed by atoms with Crippen molar-refractivity contribution >= 4 is 58.0 Å². The van der Waals surface area contributed by atoms with Crippen LogP contribution in [0.25, 0.3) is 0 Å². The van der Waals surface area contributed by atoms with E-state index in [1.165, 1.54) is 45.1 Å². The van der Waals surface area contributed by atoms with Crippen molar-refractivity contribution in [3.63, 3.8) is 0 Å². The molecule has 7 heterocycles. The van der Waals surface area contributed by atoms with Crippen molar-refractivity contribution in [2.45, 2.75) is 264 Å². The van der Waals surface area contributed by atoms with Crippen LogP contribution in [0.3, 0.4) is 0 Å². The first kappa shape index (κ1) is 111. The van der Waals surface area contributed by atoms with Crippen molar-refractivity contribution in [1.29, 1.82) is 0 Å². The minimum Gasteiger partial charge on any atom is -0.618 e. The summed E-state index contributed by atoms with van der Waals surface area (Å²) < 4.78 is 41.7. The quantitative estimate of drug-likeness (QED) is 0.0484. The number of ether oxygens (including phenoxy) is 7. The summed E-state index contributed by atoms with van der Waals surface area (Å²) in [5.74, 6) is 5.07. The lowest BCUT2D eigenvalue weighted by molar-refractivity contribution is -0.622. The molecule has 0 aliphatic carbocycles. The first-order valence-electron chi connectivity index (χ1n) is 46.0. The second-order valence-corrected chi connectivity index (χ2v) is 42.7. The molecule has 730 valence electrons. The van der Waals surface area contributed by atoms with Gasteiger partial charge in [-0.15, -0.1) is 0 Å². The van der Waals surface area contributed by atoms with Crippen molar-refractivity contribution in [2.75, 3.05) is 0 Å². The van der Waals surface area contributed by atoms with E-state index in [-0.39, 0.29) is 51.1 Å². The molecule has 0 spiro atoms. The third-order valence-electron chi connectivity index (χ3n) is 21.6. The SMILES string of the molecule is CC(C)(C)c1ccc(OCc2cccc[n+]2[O-])c(Cl)c1.CC(C)(C)c1ccc(OCc2ccccn2)c(Cl)c1.CC(C)(C)c1ccc(OCc2cnccn2)c(Cl)c1.Cc1cc(C(C)(C)C)ccc1OCc1ccccn1.Cc1cccc(COc2ccc(C(C)(C)C)cc2C)n1.Cc1cccc(COc2ccc(C(C)(C)C)cc2Cl)[n+]1[O-].Cc1cncc(COc2ccc(C(C)(C)C)cc2Cl)n1. The molecule has 23 heteroatoms. The standard InChI is InChI=1S/C18H23NO.C17H20ClNO2.C17H21NO.C16H19ClN2O.C16H18ClNO2.C16H18ClNO.C15H17ClN2O/c1-13-11-15(18(3,4)5)9-10-17(13)20-12-16-8-6-7-14(2)19-16;1-12-6-5-7-14(19(12)20)11-21-16-9-8-13(10-15(16)18)17(2,3)4;1-13-11-14(17(2,3)4)8-9-16(13)19-12-15-7-5-6-10-18-15;1-11-8-18-9-13(19-11)10-20-15-6-5-12(7-14(15)17)16(2,3)4;1-16(2,3)12-7-8-15(14(17)10-12)20-11-13-6-4-5-9-18(13)19;1-16(2,3)12-7-8-15(14(17)10-12)19-11-13-6-4-5-9-18-13;1-15(2,3)11-4-5-14(13(16)8-11)19-10-12-9-17-6-7-18-12/h6-11H,12H2,1-5H3;5-10H,11H2,1-4H3;5-11H,12H2,1-4H3;5-9H,10H2,1-4H3;4-10H,11H2,1-3H3;4-10H,11H2,1-3H3;4-9H,10H2,1-3H3. The van der Waals surface area contributed by atoms with Gasteiger partial charge in [0.15, 0.2) is 25.1 Å². The van der Waals surface area contributed by atoms with Crippen molar-refractivity contribution in [3.05, 3.63) is 411 Å². The minimum absolute atomic E-state index is 0.0384. The number of pyridine rings is 5. The Balaban J connectivity index is 0.000000198. The third kappa shape index (κ3) is 37.1. The van der Waals surface area contributed by atoms with Crippen molar-refractivity contribution in [3.8, 4) is 40.2 Å². The number of hydrogen-bond donors (Lipinski definition) is 0. The summed E-state index contributed by atoms with van der Waals surface area (Å²) in [7, 11) is 0. The molecule has 0 fully saturated rings. The first-order valence-corrected chi connectivity index (χ1v) is 47.9. The predicted molar refractivity (Wildman–Crippen MR) is 563 cm³/mol. The fourth-order valence-electron chi connectivity index (χ4n) is 13.0. The Bertz CT molecular complexity index is 5850. The van der Waals surface area contributed by atoms with Crippen LogP contribution in [-0.4, -0.2) is 34.9 Å². The monoisotopic (exact) mass is 1960 g/mol. The zero-order chi connectivity index (χ0) is 102. The summed E-state index contributed by atoms with van der Waals surface area (Å²) in [5, 5.41) is 26.4. The molecule has 14 aromatic rings. The molecule has 14 rings (SSSR count). The van der Waals surface area contributed by atoms with Crippen LogP contribution in [0.15, 0.2) is 268 Å². The summed E-state index contributed by atoms with van der Waals surface area (Å²) >= 11 is 31.3. The van der Waals surface area contributed by atoms with Crippen molar-refractivity contribution < 1.29 is 42.6 Å². The summed E-state index contributed by atoms with van der Waals surface area (Å²) in [6.45, 7) is 57.9. The maximum atomic E-state index is 11.9. The second-order valence-electron chi connectivity index (χ2n) is 40.7. The Hall–Kier alpha value is -11.9. The average molecular weight is 1970 g/mol. The molecular formula is C115H136Cl5N9O9. The zero-order valence-electron chi connectivity index (χ0n) is 84.9. The van der Waals surface area contributed by atoms with Gasteiger partial charge in [-0.25, -0.2) is 0 Å². The van der Waals surface area contributed by atoms with E-state index < -0.39 is 0 Å². The topological polar surface area (TPSA) is 209 Å². The van der Waals surface area contributed by atoms with Crippen LogP contribution in [0.1, 0.15) is 252 Å². The van der Waals surface area contributed by atoms with Crippen molar-refractivity contribution in [2.24, 2.45) is 0 Å². The number of hydrogen-bond acceptors (Lipinski definition) is 16. The lowest BCUT2D eigenvalue weighted by Crippen LogP contribution is -2.35. The van der Waals surface area contributed by atoms with E-state index in [4.69, 9.17) is 91.2 Å². The molecule has 7 aromatic carbocycles. The highest BCUT2D eigenvalue weighted by atomic mass is 35.5. The molecule has 0 atom stereocenters. The lowest BCUT2D eigenvalue weighted by atomic mass is 9.86. The van der Waals surface area contributed by atoms with Crippen LogP contribution < -0.4 is 42.6 Å². The minimum atomic E-state index is 0.0384. The molecule has 0 saturated carbocycles. The Labute approximate surface area is 844 Å². The van der Waals surface area contributed by atoms with Crippen LogP contribution in [0.4, 0.5) is 0 Å². The van der Waals surface area contributed by atoms with Gasteiger partial charge in [-0.1, -0.05) is 276 Å². The summed E-state index contributed by atoms with van der Waals surface area (Å²) in [4.78, 5) is 29.5. The molecule has 138 heavy (non-hydrogen) atoms. The normalized spacial score (nSPS) is 11.4. The highest BCUT2D eigenvalue weighted by Gasteiger charge is 2.24. The van der Waals surface area contributed by atoms with E-state index in [2.05, 4.69) is 237 Å². The maximum absolute atomic E-state index is 11.9. The van der Waals surface area contributed by atoms with Crippen LogP contribution in [0.5, 0.6) is 40.2 Å². The third-order valence-corrected chi connectivity index (χ3v) is 23.1. The van der Waals surface area contributed by atoms with Crippen LogP contribution in [0, 0.1) is 45.0 Å².